The summed E-state index contributed by atoms with van der Waals surface area (Å²) in [4.78, 5) is 11.8. The Morgan fingerprint density at radius 2 is 1.95 bits per heavy atom. The summed E-state index contributed by atoms with van der Waals surface area (Å²) < 4.78 is 18.5. The van der Waals surface area contributed by atoms with E-state index in [9.17, 15) is 9.18 Å². The van der Waals surface area contributed by atoms with Gasteiger partial charge in [-0.3, -0.25) is 0 Å². The quantitative estimate of drug-likeness (QED) is 0.809. The van der Waals surface area contributed by atoms with Crippen molar-refractivity contribution in [2.24, 2.45) is 0 Å². The summed E-state index contributed by atoms with van der Waals surface area (Å²) in [5.74, 6) is -1.13. The topological polar surface area (TPSA) is 50.1 Å². The first kappa shape index (κ1) is 14.0. The van der Waals surface area contributed by atoms with E-state index in [0.29, 0.717) is 5.56 Å². The molecule has 5 heteroatoms. The Hall–Kier alpha value is -2.38. The number of carbonyl (C=O) groups excluding carboxylic acids is 1. The van der Waals surface area contributed by atoms with E-state index in [1.807, 2.05) is 6.07 Å². The lowest BCUT2D eigenvalue weighted by atomic mass is 10.1. The van der Waals surface area contributed by atoms with Gasteiger partial charge in [-0.15, -0.1) is 0 Å². The second kappa shape index (κ2) is 6.18. The van der Waals surface area contributed by atoms with E-state index in [4.69, 9.17) is 21.6 Å². The smallest absolute Gasteiger partial charge is 0.338 e. The Morgan fingerprint density at radius 1 is 1.25 bits per heavy atom. The molecule has 0 spiro atoms. The van der Waals surface area contributed by atoms with Crippen LogP contribution in [0, 0.1) is 17.1 Å². The lowest BCUT2D eigenvalue weighted by Gasteiger charge is -2.07. The van der Waals surface area contributed by atoms with Crippen LogP contribution in [0.4, 0.5) is 4.39 Å². The van der Waals surface area contributed by atoms with E-state index in [1.54, 1.807) is 0 Å². The van der Waals surface area contributed by atoms with Crippen molar-refractivity contribution in [1.29, 1.82) is 5.26 Å². The van der Waals surface area contributed by atoms with Crippen molar-refractivity contribution >= 4 is 17.6 Å². The monoisotopic (exact) mass is 289 g/mol. The van der Waals surface area contributed by atoms with Crippen LogP contribution >= 0.6 is 11.6 Å². The van der Waals surface area contributed by atoms with Crippen LogP contribution in [0.5, 0.6) is 0 Å². The van der Waals surface area contributed by atoms with Crippen LogP contribution < -0.4 is 0 Å². The zero-order valence-corrected chi connectivity index (χ0v) is 11.0. The molecule has 2 aromatic rings. The standard InChI is InChI=1S/C15H9ClFNO2/c16-13-2-1-3-14(17)12(13)9-20-15(19)11-6-4-10(8-18)5-7-11/h1-7H,9H2. The average Bonchev–Trinajstić information content (AvgIpc) is 2.46. The van der Waals surface area contributed by atoms with Crippen molar-refractivity contribution < 1.29 is 13.9 Å². The van der Waals surface area contributed by atoms with Crippen molar-refractivity contribution in [2.75, 3.05) is 0 Å². The molecule has 20 heavy (non-hydrogen) atoms. The van der Waals surface area contributed by atoms with Crippen molar-refractivity contribution in [2.45, 2.75) is 6.61 Å². The molecule has 0 radical (unpaired) electrons. The van der Waals surface area contributed by atoms with Gasteiger partial charge in [-0.2, -0.15) is 5.26 Å². The molecule has 2 rings (SSSR count). The number of ether oxygens (including phenoxy) is 1. The van der Waals surface area contributed by atoms with E-state index in [1.165, 1.54) is 42.5 Å². The second-order valence-corrected chi connectivity index (χ2v) is 4.37. The Labute approximate surface area is 120 Å². The van der Waals surface area contributed by atoms with Gasteiger partial charge in [-0.1, -0.05) is 17.7 Å². The van der Waals surface area contributed by atoms with Gasteiger partial charge in [-0.25, -0.2) is 9.18 Å². The number of rotatable bonds is 3. The molecule has 3 nitrogen and oxygen atoms in total. The Kier molecular flexibility index (Phi) is 4.34. The predicted molar refractivity (Wildman–Crippen MR) is 71.7 cm³/mol. The van der Waals surface area contributed by atoms with E-state index in [-0.39, 0.29) is 22.8 Å². The zero-order chi connectivity index (χ0) is 14.5. The average molecular weight is 290 g/mol. The number of hydrogen-bond acceptors (Lipinski definition) is 3. The predicted octanol–water partition coefficient (Wildman–Crippen LogP) is 3.71. The molecule has 0 unspecified atom stereocenters. The van der Waals surface area contributed by atoms with Crippen LogP contribution in [0.1, 0.15) is 21.5 Å². The largest absolute Gasteiger partial charge is 0.457 e. The first-order valence-corrected chi connectivity index (χ1v) is 6.10. The molecule has 0 saturated carbocycles. The zero-order valence-electron chi connectivity index (χ0n) is 10.3. The van der Waals surface area contributed by atoms with Gasteiger partial charge in [-0.05, 0) is 36.4 Å². The number of nitrogens with zero attached hydrogens (tertiary/aromatic N) is 1. The van der Waals surface area contributed by atoms with Crippen LogP contribution in [0.15, 0.2) is 42.5 Å². The fourth-order valence-electron chi connectivity index (χ4n) is 1.57. The SMILES string of the molecule is N#Cc1ccc(C(=O)OCc2c(F)cccc2Cl)cc1. The van der Waals surface area contributed by atoms with Gasteiger partial charge in [0, 0.05) is 5.56 Å². The molecule has 0 aromatic heterocycles. The normalized spacial score (nSPS) is 9.85. The highest BCUT2D eigenvalue weighted by Crippen LogP contribution is 2.20. The molecule has 0 aliphatic heterocycles. The third-order valence-corrected chi connectivity index (χ3v) is 3.01. The molecule has 2 aromatic carbocycles. The molecule has 0 aliphatic rings. The van der Waals surface area contributed by atoms with Crippen LogP contribution in [0.25, 0.3) is 0 Å². The molecule has 0 fully saturated rings. The maximum absolute atomic E-state index is 13.5. The van der Waals surface area contributed by atoms with Crippen molar-refractivity contribution in [1.82, 2.24) is 0 Å². The number of carbonyl (C=O) groups is 1. The second-order valence-electron chi connectivity index (χ2n) is 3.97. The van der Waals surface area contributed by atoms with Crippen LogP contribution in [-0.4, -0.2) is 5.97 Å². The minimum absolute atomic E-state index is 0.135. The third-order valence-electron chi connectivity index (χ3n) is 2.66. The minimum Gasteiger partial charge on any atom is -0.457 e. The van der Waals surface area contributed by atoms with Gasteiger partial charge in [0.2, 0.25) is 0 Å². The summed E-state index contributed by atoms with van der Waals surface area (Å²) in [6.45, 7) is -0.246. The van der Waals surface area contributed by atoms with E-state index in [2.05, 4.69) is 0 Å². The summed E-state index contributed by atoms with van der Waals surface area (Å²) in [5, 5.41) is 8.86. The number of halogens is 2. The molecular weight excluding hydrogens is 281 g/mol. The van der Waals surface area contributed by atoms with Crippen LogP contribution in [-0.2, 0) is 11.3 Å². The summed E-state index contributed by atoms with van der Waals surface area (Å²) >= 11 is 5.83. The summed E-state index contributed by atoms with van der Waals surface area (Å²) in [6.07, 6.45) is 0. The summed E-state index contributed by atoms with van der Waals surface area (Å²) in [5.41, 5.74) is 0.867. The van der Waals surface area contributed by atoms with Crippen molar-refractivity contribution in [3.63, 3.8) is 0 Å². The molecule has 0 heterocycles. The number of benzene rings is 2. The minimum atomic E-state index is -0.603. The lowest BCUT2D eigenvalue weighted by molar-refractivity contribution is 0.0469. The van der Waals surface area contributed by atoms with E-state index >= 15 is 0 Å². The first-order valence-electron chi connectivity index (χ1n) is 5.72. The highest BCUT2D eigenvalue weighted by Gasteiger charge is 2.11. The van der Waals surface area contributed by atoms with Gasteiger partial charge >= 0.3 is 5.97 Å². The van der Waals surface area contributed by atoms with Crippen LogP contribution in [0.3, 0.4) is 0 Å². The fourth-order valence-corrected chi connectivity index (χ4v) is 1.79. The van der Waals surface area contributed by atoms with Gasteiger partial charge in [0.25, 0.3) is 0 Å². The van der Waals surface area contributed by atoms with Gasteiger partial charge in [0.1, 0.15) is 12.4 Å². The van der Waals surface area contributed by atoms with Gasteiger partial charge in [0.05, 0.1) is 22.2 Å². The molecular formula is C15H9ClFNO2. The molecule has 0 saturated heterocycles. The highest BCUT2D eigenvalue weighted by atomic mass is 35.5. The molecule has 0 amide bonds. The Balaban J connectivity index is 2.07. The maximum Gasteiger partial charge on any atom is 0.338 e. The molecule has 0 bridgehead atoms. The number of nitriles is 1. The highest BCUT2D eigenvalue weighted by molar-refractivity contribution is 6.31. The Bertz CT molecular complexity index is 657. The Morgan fingerprint density at radius 3 is 2.55 bits per heavy atom. The molecule has 100 valence electrons. The molecule has 0 aliphatic carbocycles. The van der Waals surface area contributed by atoms with Gasteiger partial charge in [0.15, 0.2) is 0 Å². The van der Waals surface area contributed by atoms with Crippen molar-refractivity contribution in [3.05, 3.63) is 70.0 Å². The summed E-state index contributed by atoms with van der Waals surface area (Å²) in [7, 11) is 0. The number of hydrogen-bond donors (Lipinski definition) is 0. The van der Waals surface area contributed by atoms with Crippen molar-refractivity contribution in [3.8, 4) is 6.07 Å². The van der Waals surface area contributed by atoms with Gasteiger partial charge < -0.3 is 4.74 Å². The molecule has 0 atom stereocenters. The van der Waals surface area contributed by atoms with E-state index in [0.717, 1.165) is 0 Å². The summed E-state index contributed by atoms with van der Waals surface area (Å²) in [6, 6.07) is 12.2. The lowest BCUT2D eigenvalue weighted by Crippen LogP contribution is -2.06. The maximum atomic E-state index is 13.5. The first-order chi connectivity index (χ1) is 9.61. The molecule has 0 N–H and O–H groups in total. The fraction of sp³-hybridized carbons (Fsp3) is 0.0667. The van der Waals surface area contributed by atoms with Crippen LogP contribution in [0.2, 0.25) is 5.02 Å². The third kappa shape index (κ3) is 3.14. The van der Waals surface area contributed by atoms with E-state index < -0.39 is 11.8 Å². The number of esters is 1.